The molecule has 21 heteroatoms. The molecule has 0 saturated carbocycles. The molecule has 1 saturated heterocycles. The number of aromatic nitrogens is 2. The second-order valence-corrected chi connectivity index (χ2v) is 9.75. The first-order valence-electron chi connectivity index (χ1n) is 9.39. The first-order valence-corrected chi connectivity index (χ1v) is 12.4. The number of nitrogens with zero attached hydrogens (tertiary/aromatic N) is 2. The number of rotatable bonds is 10. The average Bonchev–Trinajstić information content (AvgIpc) is 3.03. The van der Waals surface area contributed by atoms with Crippen molar-refractivity contribution in [3.05, 3.63) is 22.7 Å². The summed E-state index contributed by atoms with van der Waals surface area (Å²) in [4.78, 5) is 41.3. The van der Waals surface area contributed by atoms with Gasteiger partial charge in [0.1, 0.15) is 42.4 Å². The summed E-state index contributed by atoms with van der Waals surface area (Å²) < 4.78 is 35.8. The van der Waals surface area contributed by atoms with Crippen LogP contribution >= 0.6 is 15.6 Å². The lowest BCUT2D eigenvalue weighted by Gasteiger charge is -2.19. The molecule has 0 aromatic carbocycles. The van der Waals surface area contributed by atoms with Crippen LogP contribution in [-0.2, 0) is 22.7 Å². The van der Waals surface area contributed by atoms with E-state index in [1.54, 1.807) is 0 Å². The highest BCUT2D eigenvalue weighted by Crippen LogP contribution is 2.57. The maximum absolute atomic E-state index is 11.7. The van der Waals surface area contributed by atoms with Gasteiger partial charge in [-0.05, 0) is 6.07 Å². The number of aliphatic hydroxyl groups is 7. The molecule has 2 heterocycles. The third-order valence-electron chi connectivity index (χ3n) is 4.24. The monoisotopic (exact) mass is 555 g/mol. The van der Waals surface area contributed by atoms with Crippen LogP contribution in [0.4, 0.5) is 5.82 Å². The number of aliphatic hydroxyl groups excluding tert-OH is 7. The molecule has 0 amide bonds. The van der Waals surface area contributed by atoms with Gasteiger partial charge in [-0.15, -0.1) is 0 Å². The minimum absolute atomic E-state index is 0.0787. The third-order valence-corrected chi connectivity index (χ3v) is 6.39. The van der Waals surface area contributed by atoms with Crippen LogP contribution in [0.5, 0.6) is 0 Å². The summed E-state index contributed by atoms with van der Waals surface area (Å²) in [5.74, 6) is -0.0787. The van der Waals surface area contributed by atoms with Crippen molar-refractivity contribution >= 4 is 21.5 Å². The van der Waals surface area contributed by atoms with E-state index in [4.69, 9.17) is 50.7 Å². The minimum atomic E-state index is -5.30. The number of ether oxygens (including phenoxy) is 1. The van der Waals surface area contributed by atoms with E-state index in [2.05, 4.69) is 13.8 Å². The van der Waals surface area contributed by atoms with Crippen LogP contribution in [0.3, 0.4) is 0 Å². The molecule has 204 valence electrons. The predicted octanol–water partition coefficient (Wildman–Crippen LogP) is -5.28. The zero-order chi connectivity index (χ0) is 27.1. The second-order valence-electron chi connectivity index (χ2n) is 6.92. The van der Waals surface area contributed by atoms with Crippen molar-refractivity contribution in [2.75, 3.05) is 25.6 Å². The first kappa shape index (κ1) is 31.6. The van der Waals surface area contributed by atoms with E-state index in [1.165, 1.54) is 6.07 Å². The van der Waals surface area contributed by atoms with Gasteiger partial charge in [-0.25, -0.2) is 13.9 Å². The maximum atomic E-state index is 11.7. The normalized spacial score (nSPS) is 26.8. The molecule has 12 N–H and O–H groups in total. The highest BCUT2D eigenvalue weighted by Gasteiger charge is 2.45. The third kappa shape index (κ3) is 9.89. The van der Waals surface area contributed by atoms with Gasteiger partial charge in [0, 0.05) is 6.20 Å². The number of anilines is 1. The lowest BCUT2D eigenvalue weighted by molar-refractivity contribution is -0.0900. The minimum Gasteiger partial charge on any atom is -0.394 e. The summed E-state index contributed by atoms with van der Waals surface area (Å²) in [6.07, 6.45) is -9.22. The maximum Gasteiger partial charge on any atom is 0.481 e. The van der Waals surface area contributed by atoms with Crippen LogP contribution in [0, 0.1) is 0 Å². The SMILES string of the molecule is Nc1ccn([C@@H]2O[C@H](COP(=O)(O)OP(=O)(O)O)[C@@H](O)[C@H]2O)c(=O)n1.OCC(O)C(O)C(O)CO. The largest absolute Gasteiger partial charge is 0.481 e. The van der Waals surface area contributed by atoms with Gasteiger partial charge in [-0.1, -0.05) is 0 Å². The molecule has 1 aromatic rings. The molecule has 0 aliphatic carbocycles. The molecule has 7 atom stereocenters. The Bertz CT molecular complexity index is 948. The molecule has 0 radical (unpaired) electrons. The molecule has 3 unspecified atom stereocenters. The molecular weight excluding hydrogens is 528 g/mol. The van der Waals surface area contributed by atoms with Crippen LogP contribution < -0.4 is 11.4 Å². The number of nitrogen functional groups attached to an aromatic ring is 1. The average molecular weight is 555 g/mol. The highest BCUT2D eigenvalue weighted by atomic mass is 31.3. The number of phosphoric ester groups is 1. The van der Waals surface area contributed by atoms with Crippen molar-refractivity contribution in [2.24, 2.45) is 0 Å². The Morgan fingerprint density at radius 2 is 1.63 bits per heavy atom. The van der Waals surface area contributed by atoms with E-state index in [-0.39, 0.29) is 5.82 Å². The van der Waals surface area contributed by atoms with E-state index in [1.807, 2.05) is 0 Å². The molecule has 1 fully saturated rings. The fourth-order valence-electron chi connectivity index (χ4n) is 2.51. The highest BCUT2D eigenvalue weighted by molar-refractivity contribution is 7.60. The van der Waals surface area contributed by atoms with E-state index < -0.39 is 84.0 Å². The summed E-state index contributed by atoms with van der Waals surface area (Å²) in [5.41, 5.74) is 4.45. The van der Waals surface area contributed by atoms with Gasteiger partial charge >= 0.3 is 21.3 Å². The van der Waals surface area contributed by atoms with Crippen molar-refractivity contribution in [3.8, 4) is 0 Å². The lowest BCUT2D eigenvalue weighted by Crippen LogP contribution is -2.41. The van der Waals surface area contributed by atoms with Crippen molar-refractivity contribution in [1.29, 1.82) is 0 Å². The molecule has 0 bridgehead atoms. The van der Waals surface area contributed by atoms with Gasteiger partial charge in [0.2, 0.25) is 0 Å². The molecule has 35 heavy (non-hydrogen) atoms. The van der Waals surface area contributed by atoms with Gasteiger partial charge in [0.25, 0.3) is 0 Å². The summed E-state index contributed by atoms with van der Waals surface area (Å²) in [6.45, 7) is -2.16. The second kappa shape index (κ2) is 13.2. The molecule has 1 aliphatic rings. The fourth-order valence-corrected chi connectivity index (χ4v) is 4.11. The molecule has 1 aromatic heterocycles. The van der Waals surface area contributed by atoms with Gasteiger partial charge < -0.3 is 60.9 Å². The molecule has 2 rings (SSSR count). The summed E-state index contributed by atoms with van der Waals surface area (Å²) in [7, 11) is -10.5. The standard InChI is InChI=1S/C9H15N3O11P2.C5H12O5/c10-5-1-2-12(9(15)11-5)8-7(14)6(13)4(22-8)3-21-25(19,20)23-24(16,17)18;6-1-3(8)5(10)4(9)2-7/h1-2,4,6-8,13-14H,3H2,(H,19,20)(H2,10,11,15)(H2,16,17,18);3-10H,1-2H2/t4-,6-,7-,8-;/m1./s1. The summed E-state index contributed by atoms with van der Waals surface area (Å²) >= 11 is 0. The summed E-state index contributed by atoms with van der Waals surface area (Å²) in [5, 5.41) is 62.4. The van der Waals surface area contributed by atoms with Gasteiger partial charge in [-0.3, -0.25) is 9.09 Å². The van der Waals surface area contributed by atoms with Crippen LogP contribution in [-0.4, -0.2) is 116 Å². The zero-order valence-corrected chi connectivity index (χ0v) is 19.4. The van der Waals surface area contributed by atoms with E-state index in [0.717, 1.165) is 10.8 Å². The fraction of sp³-hybridized carbons (Fsp3) is 0.714. The molecule has 19 nitrogen and oxygen atoms in total. The van der Waals surface area contributed by atoms with Crippen molar-refractivity contribution in [1.82, 2.24) is 9.55 Å². The first-order chi connectivity index (χ1) is 16.0. The smallest absolute Gasteiger partial charge is 0.394 e. The predicted molar refractivity (Wildman–Crippen MR) is 110 cm³/mol. The Hall–Kier alpha value is -1.38. The number of hydrogen-bond donors (Lipinski definition) is 11. The van der Waals surface area contributed by atoms with Crippen LogP contribution in [0.1, 0.15) is 6.23 Å². The van der Waals surface area contributed by atoms with Crippen molar-refractivity contribution < 1.29 is 73.1 Å². The Morgan fingerprint density at radius 3 is 2.09 bits per heavy atom. The van der Waals surface area contributed by atoms with Crippen molar-refractivity contribution in [3.63, 3.8) is 0 Å². The van der Waals surface area contributed by atoms with Crippen LogP contribution in [0.2, 0.25) is 0 Å². The molecule has 1 aliphatic heterocycles. The van der Waals surface area contributed by atoms with E-state index in [9.17, 15) is 24.1 Å². The quantitative estimate of drug-likeness (QED) is 0.120. The number of phosphoric acid groups is 2. The Labute approximate surface area is 196 Å². The van der Waals surface area contributed by atoms with Gasteiger partial charge in [-0.2, -0.15) is 9.29 Å². The number of hydrogen-bond acceptors (Lipinski definition) is 15. The van der Waals surface area contributed by atoms with Gasteiger partial charge in [0.15, 0.2) is 6.23 Å². The lowest BCUT2D eigenvalue weighted by atomic mass is 10.1. The van der Waals surface area contributed by atoms with Crippen LogP contribution in [0.15, 0.2) is 17.1 Å². The van der Waals surface area contributed by atoms with E-state index >= 15 is 0 Å². The van der Waals surface area contributed by atoms with Crippen molar-refractivity contribution in [2.45, 2.75) is 42.9 Å². The van der Waals surface area contributed by atoms with Crippen LogP contribution in [0.25, 0.3) is 0 Å². The Balaban J connectivity index is 0.000000518. The van der Waals surface area contributed by atoms with E-state index in [0.29, 0.717) is 0 Å². The Morgan fingerprint density at radius 1 is 1.09 bits per heavy atom. The molecule has 0 spiro atoms. The Kier molecular flexibility index (Phi) is 12.0. The zero-order valence-electron chi connectivity index (χ0n) is 17.6. The van der Waals surface area contributed by atoms with Gasteiger partial charge in [0.05, 0.1) is 19.8 Å². The number of nitrogens with two attached hydrogens (primary N) is 1. The summed E-state index contributed by atoms with van der Waals surface area (Å²) in [6, 6.07) is 1.24. The molecular formula is C14H27N3O16P2. The topological polar surface area (TPSA) is 325 Å².